The summed E-state index contributed by atoms with van der Waals surface area (Å²) >= 11 is 0. The molecule has 7 N–H and O–H groups in total. The van der Waals surface area contributed by atoms with Crippen molar-refractivity contribution in [2.45, 2.75) is 45.7 Å². The van der Waals surface area contributed by atoms with Crippen LogP contribution in [0.3, 0.4) is 0 Å². The predicted molar refractivity (Wildman–Crippen MR) is 196 cm³/mol. The number of aromatic hydroxyl groups is 3. The summed E-state index contributed by atoms with van der Waals surface area (Å²) in [5, 5.41) is 35.3. The zero-order valence-corrected chi connectivity index (χ0v) is 28.9. The number of aryl methyl sites for hydroxylation is 1. The lowest BCUT2D eigenvalue weighted by atomic mass is 9.84. The van der Waals surface area contributed by atoms with Gasteiger partial charge in [0.1, 0.15) is 28.4 Å². The van der Waals surface area contributed by atoms with Crippen LogP contribution < -0.4 is 21.5 Å². The minimum Gasteiger partial charge on any atom is -0.508 e. The lowest BCUT2D eigenvalue weighted by molar-refractivity contribution is -0.138. The topological polar surface area (TPSA) is 185 Å². The van der Waals surface area contributed by atoms with Crippen molar-refractivity contribution in [3.63, 3.8) is 0 Å². The van der Waals surface area contributed by atoms with Crippen LogP contribution in [0.15, 0.2) is 94.8 Å². The molecule has 0 atom stereocenters. The summed E-state index contributed by atoms with van der Waals surface area (Å²) in [5.41, 5.74) is 0.191. The van der Waals surface area contributed by atoms with Crippen molar-refractivity contribution in [3.8, 4) is 17.2 Å². The molecule has 6 aromatic rings. The Morgan fingerprint density at radius 2 is 1.30 bits per heavy atom. The van der Waals surface area contributed by atoms with Gasteiger partial charge in [-0.1, -0.05) is 45.9 Å². The Morgan fingerprint density at radius 1 is 0.698 bits per heavy atom. The Morgan fingerprint density at radius 3 is 1.94 bits per heavy atom. The number of amides is 2. The van der Waals surface area contributed by atoms with Crippen LogP contribution in [0.4, 0.5) is 24.5 Å². The molecule has 0 aliphatic heterocycles. The molecule has 53 heavy (non-hydrogen) atoms. The molecule has 274 valence electrons. The molecule has 0 radical (unpaired) electrons. The Kier molecular flexibility index (Phi) is 10.4. The van der Waals surface area contributed by atoms with Crippen molar-refractivity contribution in [2.24, 2.45) is 0 Å². The van der Waals surface area contributed by atoms with E-state index in [0.717, 1.165) is 23.3 Å². The number of phenolic OH excluding ortho intramolecular Hbond substituents is 3. The molecule has 0 spiro atoms. The Balaban J connectivity index is 0.000000206. The zero-order chi connectivity index (χ0) is 38.8. The van der Waals surface area contributed by atoms with Gasteiger partial charge in [0.2, 0.25) is 10.9 Å². The summed E-state index contributed by atoms with van der Waals surface area (Å²) in [6.07, 6.45) is -1.51. The molecule has 0 bridgehead atoms. The highest BCUT2D eigenvalue weighted by atomic mass is 19.4. The molecule has 0 aliphatic carbocycles. The van der Waals surface area contributed by atoms with Crippen LogP contribution in [0.1, 0.15) is 65.1 Å². The molecular formula is C39H35F3N4O7. The number of fused-ring (bicyclic) bond motifs is 2. The molecule has 2 heterocycles. The molecule has 14 heteroatoms. The van der Waals surface area contributed by atoms with Gasteiger partial charge in [-0.15, -0.1) is 0 Å². The molecule has 6 rings (SSSR count). The monoisotopic (exact) mass is 728 g/mol. The van der Waals surface area contributed by atoms with Crippen molar-refractivity contribution in [1.29, 1.82) is 0 Å². The third kappa shape index (κ3) is 8.01. The third-order valence-electron chi connectivity index (χ3n) is 8.38. The SMILES string of the molecule is CCc1cc(C(C)(C)C)c(O)cc1NC(=O)c1c[nH]c2cccc(O)c2c1=O.O=C(Nc1ccc(C(F)(F)F)c(O)c1)c1c[nH]c2ccccc2c1=O. The van der Waals surface area contributed by atoms with Gasteiger partial charge < -0.3 is 35.9 Å². The predicted octanol–water partition coefficient (Wildman–Crippen LogP) is 7.56. The molecule has 2 amide bonds. The van der Waals surface area contributed by atoms with Crippen LogP contribution in [0.2, 0.25) is 0 Å². The number of carbonyl (C=O) groups is 2. The summed E-state index contributed by atoms with van der Waals surface area (Å²) < 4.78 is 37.8. The first-order chi connectivity index (χ1) is 24.9. The van der Waals surface area contributed by atoms with E-state index in [9.17, 15) is 47.7 Å². The highest BCUT2D eigenvalue weighted by Crippen LogP contribution is 2.37. The maximum absolute atomic E-state index is 12.8. The van der Waals surface area contributed by atoms with Crippen LogP contribution in [-0.2, 0) is 18.0 Å². The number of anilines is 2. The number of benzene rings is 4. The summed E-state index contributed by atoms with van der Waals surface area (Å²) in [5.74, 6) is -2.52. The van der Waals surface area contributed by atoms with Crippen molar-refractivity contribution < 1.29 is 38.1 Å². The van der Waals surface area contributed by atoms with E-state index in [-0.39, 0.29) is 39.1 Å². The van der Waals surface area contributed by atoms with Gasteiger partial charge in [-0.2, -0.15) is 13.2 Å². The fraction of sp³-hybridized carbons (Fsp3) is 0.179. The Labute approximate surface area is 299 Å². The molecule has 0 aliphatic rings. The number of rotatable bonds is 5. The maximum atomic E-state index is 12.8. The van der Waals surface area contributed by atoms with Crippen molar-refractivity contribution in [3.05, 3.63) is 133 Å². The molecule has 0 saturated heterocycles. The smallest absolute Gasteiger partial charge is 0.419 e. The van der Waals surface area contributed by atoms with Gasteiger partial charge in [-0.05, 0) is 65.4 Å². The van der Waals surface area contributed by atoms with E-state index >= 15 is 0 Å². The number of carbonyl (C=O) groups excluding carboxylic acids is 2. The summed E-state index contributed by atoms with van der Waals surface area (Å²) in [4.78, 5) is 55.7. The largest absolute Gasteiger partial charge is 0.508 e. The number of halogens is 3. The molecule has 11 nitrogen and oxygen atoms in total. The van der Waals surface area contributed by atoms with E-state index in [1.807, 2.05) is 33.8 Å². The summed E-state index contributed by atoms with van der Waals surface area (Å²) in [6.45, 7) is 7.96. The second-order valence-corrected chi connectivity index (χ2v) is 13.1. The van der Waals surface area contributed by atoms with Crippen LogP contribution in [0.5, 0.6) is 17.2 Å². The molecular weight excluding hydrogens is 693 g/mol. The minimum atomic E-state index is -4.71. The van der Waals surface area contributed by atoms with Gasteiger partial charge in [0.05, 0.1) is 16.5 Å². The fourth-order valence-corrected chi connectivity index (χ4v) is 5.63. The second kappa shape index (κ2) is 14.6. The fourth-order valence-electron chi connectivity index (χ4n) is 5.63. The lowest BCUT2D eigenvalue weighted by Gasteiger charge is -2.23. The standard InChI is InChI=1S/C22H24N2O4.C17H11F3N2O3/c1-5-12-9-14(22(2,3)4)18(26)10-16(12)24-21(28)13-11-23-15-7-6-8-17(25)19(15)20(13)27;18-17(19,20)12-6-5-9(7-14(12)23)22-16(25)11-8-21-13-4-2-1-3-10(13)15(11)24/h6-11,25-26H,5H2,1-4H3,(H,23,27)(H,24,28);1-8,23H,(H,21,24)(H,22,25). The van der Waals surface area contributed by atoms with E-state index in [0.29, 0.717) is 34.6 Å². The normalized spacial score (nSPS) is 11.5. The number of phenols is 3. The van der Waals surface area contributed by atoms with Gasteiger partial charge in [0.15, 0.2) is 0 Å². The minimum absolute atomic E-state index is 0.0665. The number of hydrogen-bond acceptors (Lipinski definition) is 7. The maximum Gasteiger partial charge on any atom is 0.419 e. The number of alkyl halides is 3. The van der Waals surface area contributed by atoms with Gasteiger partial charge in [0.25, 0.3) is 11.8 Å². The zero-order valence-electron chi connectivity index (χ0n) is 28.9. The first-order valence-electron chi connectivity index (χ1n) is 16.2. The van der Waals surface area contributed by atoms with E-state index in [1.54, 1.807) is 36.4 Å². The Hall–Kier alpha value is -6.57. The average Bonchev–Trinajstić information content (AvgIpc) is 3.08. The van der Waals surface area contributed by atoms with Gasteiger partial charge in [-0.25, -0.2) is 0 Å². The number of nitrogens with one attached hydrogen (secondary N) is 4. The third-order valence-corrected chi connectivity index (χ3v) is 8.38. The molecule has 2 aromatic heterocycles. The summed E-state index contributed by atoms with van der Waals surface area (Å²) in [6, 6.07) is 17.1. The number of H-pyrrole nitrogens is 2. The van der Waals surface area contributed by atoms with E-state index in [1.165, 1.54) is 24.5 Å². The van der Waals surface area contributed by atoms with E-state index < -0.39 is 40.2 Å². The van der Waals surface area contributed by atoms with Crippen molar-refractivity contribution in [1.82, 2.24) is 9.97 Å². The highest BCUT2D eigenvalue weighted by molar-refractivity contribution is 6.07. The first kappa shape index (κ1) is 37.7. The van der Waals surface area contributed by atoms with Gasteiger partial charge in [0, 0.05) is 46.8 Å². The average molecular weight is 729 g/mol. The number of pyridine rings is 2. The lowest BCUT2D eigenvalue weighted by Crippen LogP contribution is -2.23. The highest BCUT2D eigenvalue weighted by Gasteiger charge is 2.34. The van der Waals surface area contributed by atoms with Crippen LogP contribution in [0, 0.1) is 0 Å². The summed E-state index contributed by atoms with van der Waals surface area (Å²) in [7, 11) is 0. The number of aromatic amines is 2. The molecule has 0 unspecified atom stereocenters. The Bertz CT molecular complexity index is 2500. The van der Waals surface area contributed by atoms with Crippen molar-refractivity contribution in [2.75, 3.05) is 10.6 Å². The number of para-hydroxylation sites is 1. The molecule has 4 aromatic carbocycles. The van der Waals surface area contributed by atoms with Crippen molar-refractivity contribution >= 4 is 45.0 Å². The quantitative estimate of drug-likeness (QED) is 0.0955. The second-order valence-electron chi connectivity index (χ2n) is 13.1. The van der Waals surface area contributed by atoms with Gasteiger partial charge in [-0.3, -0.25) is 19.2 Å². The van der Waals surface area contributed by atoms with Crippen LogP contribution in [-0.4, -0.2) is 37.1 Å². The van der Waals surface area contributed by atoms with Crippen LogP contribution >= 0.6 is 0 Å². The van der Waals surface area contributed by atoms with Crippen LogP contribution in [0.25, 0.3) is 21.8 Å². The van der Waals surface area contributed by atoms with E-state index in [2.05, 4.69) is 20.6 Å². The first-order valence-corrected chi connectivity index (χ1v) is 16.2. The van der Waals surface area contributed by atoms with Gasteiger partial charge >= 0.3 is 6.18 Å². The molecule has 0 fully saturated rings. The number of aromatic nitrogens is 2. The van der Waals surface area contributed by atoms with E-state index in [4.69, 9.17) is 0 Å². The number of hydrogen-bond donors (Lipinski definition) is 7. The molecule has 0 saturated carbocycles.